The van der Waals surface area contributed by atoms with Crippen molar-refractivity contribution in [3.05, 3.63) is 71.8 Å². The highest BCUT2D eigenvalue weighted by atomic mass is 28.3. The van der Waals surface area contributed by atoms with Crippen molar-refractivity contribution in [1.82, 2.24) is 5.32 Å². The van der Waals surface area contributed by atoms with E-state index in [9.17, 15) is 9.59 Å². The van der Waals surface area contributed by atoms with E-state index in [0.717, 1.165) is 0 Å². The Kier molecular flexibility index (Phi) is 5.61. The van der Waals surface area contributed by atoms with Crippen LogP contribution in [-0.2, 0) is 9.83 Å². The maximum absolute atomic E-state index is 13.0. The van der Waals surface area contributed by atoms with Crippen molar-refractivity contribution in [1.29, 1.82) is 0 Å². The predicted octanol–water partition coefficient (Wildman–Crippen LogP) is 5.38. The van der Waals surface area contributed by atoms with Gasteiger partial charge in [-0.15, -0.1) is 0 Å². The first-order valence-corrected chi connectivity index (χ1v) is 13.5. The molecule has 0 aliphatic carbocycles. The molecule has 0 spiro atoms. The van der Waals surface area contributed by atoms with Crippen molar-refractivity contribution in [3.63, 3.8) is 0 Å². The second kappa shape index (κ2) is 7.56. The molecule has 0 aromatic heterocycles. The van der Waals surface area contributed by atoms with Gasteiger partial charge in [-0.1, -0.05) is 101 Å². The standard InChI is InChI=1S/C25H33NO2Si/c1-18-23(28)26-22(17-21(27)19-13-9-7-10-14-19)25(18,4)29(5,6)24(2,3)20-15-11-8-12-16-20/h7-16,18,22H,17H2,1-6H3,(H,26,28)/t18-,22-,25+/m1/s1. The van der Waals surface area contributed by atoms with E-state index in [2.05, 4.69) is 63.4 Å². The van der Waals surface area contributed by atoms with Gasteiger partial charge in [-0.25, -0.2) is 0 Å². The number of ketones is 1. The van der Waals surface area contributed by atoms with Gasteiger partial charge in [0.05, 0.1) is 8.07 Å². The summed E-state index contributed by atoms with van der Waals surface area (Å²) in [6.45, 7) is 13.7. The summed E-state index contributed by atoms with van der Waals surface area (Å²) in [6.07, 6.45) is 0.345. The molecule has 1 amide bonds. The second-order valence-electron chi connectivity index (χ2n) is 9.67. The maximum Gasteiger partial charge on any atom is 0.223 e. The number of rotatable bonds is 6. The lowest BCUT2D eigenvalue weighted by Crippen LogP contribution is -2.61. The first kappa shape index (κ1) is 21.5. The molecular formula is C25H33NO2Si. The molecule has 2 aromatic carbocycles. The van der Waals surface area contributed by atoms with Crippen LogP contribution in [0.4, 0.5) is 0 Å². The van der Waals surface area contributed by atoms with Crippen molar-refractivity contribution in [2.45, 2.75) is 63.3 Å². The van der Waals surface area contributed by atoms with Crippen LogP contribution < -0.4 is 5.32 Å². The van der Waals surface area contributed by atoms with E-state index in [1.807, 2.05) is 43.3 Å². The molecule has 1 heterocycles. The van der Waals surface area contributed by atoms with Crippen LogP contribution in [0.3, 0.4) is 0 Å². The highest BCUT2D eigenvalue weighted by Crippen LogP contribution is 2.58. The molecule has 1 aliphatic rings. The van der Waals surface area contributed by atoms with Gasteiger partial charge in [0.1, 0.15) is 0 Å². The maximum atomic E-state index is 13.0. The molecule has 1 saturated heterocycles. The number of nitrogens with one attached hydrogen (secondary N) is 1. The Bertz CT molecular complexity index is 892. The van der Waals surface area contributed by atoms with E-state index in [-0.39, 0.29) is 33.7 Å². The zero-order valence-corrected chi connectivity index (χ0v) is 19.5. The molecule has 0 bridgehead atoms. The summed E-state index contributed by atoms with van der Waals surface area (Å²) >= 11 is 0. The molecule has 1 aliphatic heterocycles. The average molecular weight is 408 g/mol. The predicted molar refractivity (Wildman–Crippen MR) is 122 cm³/mol. The van der Waals surface area contributed by atoms with Crippen LogP contribution in [0, 0.1) is 5.92 Å². The molecule has 3 atom stereocenters. The zero-order chi connectivity index (χ0) is 21.4. The average Bonchev–Trinajstić information content (AvgIpc) is 2.94. The SMILES string of the molecule is C[C@@H]1C(=O)N[C@H](CC(=O)c2ccccc2)[C@@]1(C)[Si](C)(C)C(C)(C)c1ccccc1. The summed E-state index contributed by atoms with van der Waals surface area (Å²) in [6, 6.07) is 19.9. The van der Waals surface area contributed by atoms with Gasteiger partial charge in [0, 0.05) is 23.9 Å². The van der Waals surface area contributed by atoms with Crippen molar-refractivity contribution in [3.8, 4) is 0 Å². The smallest absolute Gasteiger partial charge is 0.223 e. The second-order valence-corrected chi connectivity index (χ2v) is 15.3. The van der Waals surface area contributed by atoms with Gasteiger partial charge in [-0.3, -0.25) is 9.59 Å². The van der Waals surface area contributed by atoms with E-state index in [1.165, 1.54) is 5.56 Å². The molecule has 154 valence electrons. The van der Waals surface area contributed by atoms with Gasteiger partial charge in [0.2, 0.25) is 5.91 Å². The number of amides is 1. The Labute approximate surface area is 175 Å². The van der Waals surface area contributed by atoms with Crippen molar-refractivity contribution in [2.75, 3.05) is 0 Å². The highest BCUT2D eigenvalue weighted by molar-refractivity contribution is 6.83. The summed E-state index contributed by atoms with van der Waals surface area (Å²) in [7, 11) is -2.13. The van der Waals surface area contributed by atoms with E-state index >= 15 is 0 Å². The van der Waals surface area contributed by atoms with Gasteiger partial charge in [-0.05, 0) is 15.6 Å². The fourth-order valence-electron chi connectivity index (χ4n) is 5.08. The molecule has 29 heavy (non-hydrogen) atoms. The van der Waals surface area contributed by atoms with Crippen LogP contribution >= 0.6 is 0 Å². The number of Topliss-reactive ketones (excluding diaryl/α,β-unsaturated/α-hetero) is 1. The van der Waals surface area contributed by atoms with Crippen LogP contribution in [0.15, 0.2) is 60.7 Å². The zero-order valence-electron chi connectivity index (χ0n) is 18.5. The van der Waals surface area contributed by atoms with E-state index in [0.29, 0.717) is 12.0 Å². The van der Waals surface area contributed by atoms with E-state index in [4.69, 9.17) is 0 Å². The van der Waals surface area contributed by atoms with Crippen molar-refractivity contribution >= 4 is 19.8 Å². The van der Waals surface area contributed by atoms with Crippen LogP contribution in [0.2, 0.25) is 18.1 Å². The topological polar surface area (TPSA) is 46.2 Å². The number of benzene rings is 2. The Morgan fingerprint density at radius 1 is 1.03 bits per heavy atom. The summed E-state index contributed by atoms with van der Waals surface area (Å²) in [5, 5.41) is 2.89. The lowest BCUT2D eigenvalue weighted by Gasteiger charge is -2.54. The number of hydrogen-bond acceptors (Lipinski definition) is 2. The van der Waals surface area contributed by atoms with Crippen LogP contribution in [0.5, 0.6) is 0 Å². The summed E-state index contributed by atoms with van der Waals surface area (Å²) < 4.78 is 0. The molecule has 3 nitrogen and oxygen atoms in total. The lowest BCUT2D eigenvalue weighted by atomic mass is 9.88. The normalized spacial score (nSPS) is 25.0. The fourth-order valence-corrected chi connectivity index (χ4v) is 9.57. The Morgan fingerprint density at radius 3 is 2.10 bits per heavy atom. The number of hydrogen-bond donors (Lipinski definition) is 1. The minimum Gasteiger partial charge on any atom is -0.352 e. The number of carbonyl (C=O) groups is 2. The fraction of sp³-hybridized carbons (Fsp3) is 0.440. The van der Waals surface area contributed by atoms with Crippen LogP contribution in [0.25, 0.3) is 0 Å². The third-order valence-corrected chi connectivity index (χ3v) is 15.1. The molecule has 1 fully saturated rings. The third kappa shape index (κ3) is 3.37. The minimum absolute atomic E-state index is 0.0579. The largest absolute Gasteiger partial charge is 0.352 e. The van der Waals surface area contributed by atoms with Crippen molar-refractivity contribution < 1.29 is 9.59 Å². The summed E-state index contributed by atoms with van der Waals surface area (Å²) in [5.74, 6) is 0.0436. The van der Waals surface area contributed by atoms with E-state index in [1.54, 1.807) is 0 Å². The van der Waals surface area contributed by atoms with E-state index < -0.39 is 8.07 Å². The van der Waals surface area contributed by atoms with Gasteiger partial charge < -0.3 is 5.32 Å². The van der Waals surface area contributed by atoms with Crippen LogP contribution in [-0.4, -0.2) is 25.8 Å². The summed E-state index contributed by atoms with van der Waals surface area (Å²) in [5.41, 5.74) is 2.02. The van der Waals surface area contributed by atoms with Gasteiger partial charge >= 0.3 is 0 Å². The van der Waals surface area contributed by atoms with Crippen LogP contribution in [0.1, 0.15) is 50.0 Å². The van der Waals surface area contributed by atoms with Crippen molar-refractivity contribution in [2.24, 2.45) is 5.92 Å². The molecule has 3 rings (SSSR count). The Morgan fingerprint density at radius 2 is 1.55 bits per heavy atom. The van der Waals surface area contributed by atoms with Gasteiger partial charge in [-0.2, -0.15) is 0 Å². The summed E-state index contributed by atoms with van der Waals surface area (Å²) in [4.78, 5) is 25.8. The number of carbonyl (C=O) groups excluding carboxylic acids is 2. The Hall–Kier alpha value is -2.20. The lowest BCUT2D eigenvalue weighted by molar-refractivity contribution is -0.122. The first-order chi connectivity index (χ1) is 13.5. The highest BCUT2D eigenvalue weighted by Gasteiger charge is 2.63. The Balaban J connectivity index is 2.00. The molecule has 2 aromatic rings. The molecule has 1 N–H and O–H groups in total. The molecular weight excluding hydrogens is 374 g/mol. The molecule has 0 radical (unpaired) electrons. The van der Waals surface area contributed by atoms with Gasteiger partial charge in [0.15, 0.2) is 5.78 Å². The monoisotopic (exact) mass is 407 g/mol. The molecule has 0 saturated carbocycles. The molecule has 4 heteroatoms. The first-order valence-electron chi connectivity index (χ1n) is 10.5. The minimum atomic E-state index is -2.13. The third-order valence-electron chi connectivity index (χ3n) is 8.22. The van der Waals surface area contributed by atoms with Gasteiger partial charge in [0.25, 0.3) is 0 Å². The molecule has 0 unspecified atom stereocenters. The quantitative estimate of drug-likeness (QED) is 0.516.